The molecule has 0 amide bonds. The van der Waals surface area contributed by atoms with Crippen molar-refractivity contribution >= 4 is 54.2 Å². The molecule has 0 aromatic heterocycles. The molecule has 0 atom stereocenters. The summed E-state index contributed by atoms with van der Waals surface area (Å²) in [5.74, 6) is -0.201. The van der Waals surface area contributed by atoms with E-state index in [1.165, 1.54) is 51.8 Å². The van der Waals surface area contributed by atoms with Gasteiger partial charge >= 0.3 is 34.4 Å². The van der Waals surface area contributed by atoms with Gasteiger partial charge in [-0.25, -0.2) is 4.39 Å². The Hall–Kier alpha value is -3.32. The Morgan fingerprint density at radius 2 is 1.40 bits per heavy atom. The van der Waals surface area contributed by atoms with E-state index in [0.29, 0.717) is 6.54 Å². The van der Waals surface area contributed by atoms with Gasteiger partial charge in [0.1, 0.15) is 5.82 Å². The van der Waals surface area contributed by atoms with Crippen LogP contribution in [0.15, 0.2) is 91.0 Å². The summed E-state index contributed by atoms with van der Waals surface area (Å²) in [6.07, 6.45) is 7.09. The zero-order chi connectivity index (χ0) is 30.1. The van der Waals surface area contributed by atoms with E-state index in [1.54, 1.807) is 12.1 Å². The number of halogens is 7. The summed E-state index contributed by atoms with van der Waals surface area (Å²) in [6, 6.07) is 28.9. The first-order valence-corrected chi connectivity index (χ1v) is 18.6. The molecule has 0 unspecified atom stereocenters. The van der Waals surface area contributed by atoms with E-state index < -0.39 is 20.3 Å². The Balaban J connectivity index is 0.000000551. The summed E-state index contributed by atoms with van der Waals surface area (Å²) in [5, 5.41) is 2.55. The summed E-state index contributed by atoms with van der Waals surface area (Å²) < 4.78 is 65.6. The van der Waals surface area contributed by atoms with Gasteiger partial charge in [0.25, 0.3) is 0 Å². The van der Waals surface area contributed by atoms with E-state index in [1.807, 2.05) is 12.1 Å². The first kappa shape index (κ1) is 32.6. The molecule has 0 N–H and O–H groups in total. The van der Waals surface area contributed by atoms with Gasteiger partial charge in [-0.3, -0.25) is 0 Å². The van der Waals surface area contributed by atoms with Gasteiger partial charge < -0.3 is 9.60 Å². The van der Waals surface area contributed by atoms with E-state index in [2.05, 4.69) is 96.1 Å². The molecular weight excluding hydrogens is 679 g/mol. The Morgan fingerprint density at radius 1 is 0.791 bits per heavy atom. The van der Waals surface area contributed by atoms with Crippen molar-refractivity contribution in [1.82, 2.24) is 0 Å². The van der Waals surface area contributed by atoms with Gasteiger partial charge in [0.2, 0.25) is 5.69 Å². The fourth-order valence-corrected chi connectivity index (χ4v) is 5.92. The van der Waals surface area contributed by atoms with E-state index in [9.17, 15) is 18.5 Å². The van der Waals surface area contributed by atoms with Crippen LogP contribution < -0.4 is 9.60 Å². The van der Waals surface area contributed by atoms with Gasteiger partial charge in [-0.1, -0.05) is 36.4 Å². The number of benzene rings is 4. The molecule has 0 spiro atoms. The molecule has 2 heterocycles. The van der Waals surface area contributed by atoms with Crippen molar-refractivity contribution in [1.29, 1.82) is 0 Å². The molecule has 1 saturated heterocycles. The third-order valence-electron chi connectivity index (χ3n) is 7.81. The summed E-state index contributed by atoms with van der Waals surface area (Å²) in [5.41, 5.74) is 7.26. The predicted octanol–water partition coefficient (Wildman–Crippen LogP) is 6.59. The monoisotopic (exact) mass is 710 g/mol. The van der Waals surface area contributed by atoms with Crippen LogP contribution in [0.3, 0.4) is 0 Å². The fraction of sp³-hybridized carbons (Fsp3) is 0.242. The summed E-state index contributed by atoms with van der Waals surface area (Å²) in [4.78, 5) is 2.47. The number of rotatable bonds is 5. The number of hydrogen-bond acceptors (Lipinski definition) is 1. The third-order valence-corrected chi connectivity index (χ3v) is 7.81. The van der Waals surface area contributed by atoms with Crippen molar-refractivity contribution in [3.05, 3.63) is 114 Å². The zero-order valence-corrected chi connectivity index (χ0v) is 26.3. The molecular formula is C33H32F7N2Sb. The Labute approximate surface area is 251 Å². The van der Waals surface area contributed by atoms with Crippen LogP contribution in [0.25, 0.3) is 16.8 Å². The first-order valence-electron chi connectivity index (χ1n) is 13.8. The van der Waals surface area contributed by atoms with Gasteiger partial charge in [-0.05, 0) is 91.6 Å². The maximum atomic E-state index is 13.6. The standard InChI is InChI=1S/C33H32FN2.6FH.Sb/c1-33(2)31(20-13-24-11-17-28(18-12-24)35-21-5-6-22-35)36(23-25-9-15-27(34)16-10-25)30-19-14-26-7-3-4-8-29(26)32(30)33;;;;;;;/h3-4,7-20H,5-6,21-23H2,1-2H3;6*1H;/q+1;;;;;;;+5/p-6. The minimum atomic E-state index is -9.19. The second kappa shape index (κ2) is 12.4. The molecule has 4 aromatic carbocycles. The first-order chi connectivity index (χ1) is 19.7. The molecule has 2 nitrogen and oxygen atoms in total. The second-order valence-electron chi connectivity index (χ2n) is 11.2. The van der Waals surface area contributed by atoms with E-state index in [0.717, 1.165) is 18.7 Å². The van der Waals surface area contributed by atoms with Crippen LogP contribution in [0.1, 0.15) is 43.4 Å². The normalized spacial score (nSPS) is 16.8. The van der Waals surface area contributed by atoms with Crippen LogP contribution in [0.4, 0.5) is 29.8 Å². The summed E-state index contributed by atoms with van der Waals surface area (Å²) in [7, 11) is 0. The fourth-order valence-electron chi connectivity index (χ4n) is 5.92. The van der Waals surface area contributed by atoms with Crippen molar-refractivity contribution in [2.24, 2.45) is 0 Å². The molecule has 228 valence electrons. The van der Waals surface area contributed by atoms with Gasteiger partial charge in [-0.15, -0.1) is 0 Å². The second-order valence-corrected chi connectivity index (χ2v) is 14.8. The van der Waals surface area contributed by atoms with Gasteiger partial charge in [-0.2, -0.15) is 4.58 Å². The quantitative estimate of drug-likeness (QED) is 0.129. The minimum absolute atomic E-state index is 0. The topological polar surface area (TPSA) is 6.25 Å². The van der Waals surface area contributed by atoms with Crippen molar-refractivity contribution in [3.63, 3.8) is 0 Å². The number of fused-ring (bicyclic) bond motifs is 3. The molecule has 0 radical (unpaired) electrons. The molecule has 6 rings (SSSR count). The van der Waals surface area contributed by atoms with Crippen LogP contribution in [0, 0.1) is 5.82 Å². The van der Waals surface area contributed by atoms with Gasteiger partial charge in [0.05, 0.1) is 5.41 Å². The number of anilines is 1. The van der Waals surface area contributed by atoms with Crippen LogP contribution in [0.2, 0.25) is 0 Å². The van der Waals surface area contributed by atoms with E-state index >= 15 is 0 Å². The maximum absolute atomic E-state index is 13.6. The predicted molar refractivity (Wildman–Crippen MR) is 160 cm³/mol. The zero-order valence-electron chi connectivity index (χ0n) is 23.8. The Morgan fingerprint density at radius 3 is 2.02 bits per heavy atom. The number of hydrogen-bond donors (Lipinski definition) is 0. The SMILES string of the molecule is CC1(C)C(/C=C/c2ccc(N3CCCC3)cc2)=[N+](Cc2ccc(F)cc2)c2ccc3ccccc3c21.[F-].[F][Sb]([F])([F])([F])[F]. The van der Waals surface area contributed by atoms with E-state index in [4.69, 9.17) is 0 Å². The number of allylic oxidation sites excluding steroid dienone is 1. The third kappa shape index (κ3) is 7.99. The van der Waals surface area contributed by atoms with Crippen molar-refractivity contribution in [3.8, 4) is 0 Å². The van der Waals surface area contributed by atoms with Crippen LogP contribution in [0.5, 0.6) is 0 Å². The molecule has 0 aliphatic carbocycles. The van der Waals surface area contributed by atoms with Gasteiger partial charge in [0.15, 0.2) is 12.3 Å². The summed E-state index contributed by atoms with van der Waals surface area (Å²) >= 11 is -9.19. The average Bonchev–Trinajstić information content (AvgIpc) is 3.53. The molecule has 2 aliphatic heterocycles. The molecule has 43 heavy (non-hydrogen) atoms. The Kier molecular flexibility index (Phi) is 9.36. The summed E-state index contributed by atoms with van der Waals surface area (Å²) in [6.45, 7) is 7.65. The average molecular weight is 711 g/mol. The van der Waals surface area contributed by atoms with Crippen molar-refractivity contribution in [2.45, 2.75) is 38.6 Å². The van der Waals surface area contributed by atoms with Crippen LogP contribution in [-0.2, 0) is 12.0 Å². The molecule has 1 fully saturated rings. The molecule has 0 saturated carbocycles. The van der Waals surface area contributed by atoms with Crippen molar-refractivity contribution < 1.29 is 27.7 Å². The van der Waals surface area contributed by atoms with Crippen LogP contribution in [-0.4, -0.2) is 43.7 Å². The molecule has 0 bridgehead atoms. The Bertz CT molecular complexity index is 1630. The van der Waals surface area contributed by atoms with Crippen molar-refractivity contribution in [2.75, 3.05) is 18.0 Å². The molecule has 10 heteroatoms. The van der Waals surface area contributed by atoms with Crippen LogP contribution >= 0.6 is 0 Å². The number of nitrogens with zero attached hydrogens (tertiary/aromatic N) is 2. The van der Waals surface area contributed by atoms with Gasteiger partial charge in [0, 0.05) is 42.0 Å². The molecule has 2 aliphatic rings. The molecule has 4 aromatic rings. The van der Waals surface area contributed by atoms with E-state index in [-0.39, 0.29) is 15.9 Å².